The Kier molecular flexibility index (Phi) is 6.24. The summed E-state index contributed by atoms with van der Waals surface area (Å²) in [6, 6.07) is -0.0450. The third kappa shape index (κ3) is 4.22. The zero-order valence-electron chi connectivity index (χ0n) is 14.2. The first kappa shape index (κ1) is 17.3. The number of piperidine rings is 1. The summed E-state index contributed by atoms with van der Waals surface area (Å²) in [5, 5.41) is 0. The van der Waals surface area contributed by atoms with Crippen molar-refractivity contribution in [3.8, 4) is 0 Å². The topological polar surface area (TPSA) is 49.9 Å². The molecule has 1 unspecified atom stereocenters. The molecule has 2 rings (SSSR count). The van der Waals surface area contributed by atoms with Crippen LogP contribution in [0.2, 0.25) is 0 Å². The van der Waals surface area contributed by atoms with Crippen LogP contribution >= 0.6 is 0 Å². The molecule has 2 aliphatic rings. The second-order valence-corrected chi connectivity index (χ2v) is 6.98. The van der Waals surface area contributed by atoms with Crippen LogP contribution in [0.15, 0.2) is 0 Å². The number of carbonyl (C=O) groups excluding carboxylic acids is 2. The molecule has 0 spiro atoms. The third-order valence-electron chi connectivity index (χ3n) is 4.80. The lowest BCUT2D eigenvalue weighted by Crippen LogP contribution is -2.54. The van der Waals surface area contributed by atoms with Crippen LogP contribution in [-0.4, -0.2) is 60.5 Å². The summed E-state index contributed by atoms with van der Waals surface area (Å²) in [6.07, 6.45) is 5.08. The van der Waals surface area contributed by atoms with E-state index in [1.807, 2.05) is 16.8 Å². The van der Waals surface area contributed by atoms with Crippen LogP contribution in [-0.2, 0) is 14.3 Å². The van der Waals surface area contributed by atoms with E-state index < -0.39 is 0 Å². The molecule has 2 aliphatic heterocycles. The number of ether oxygens (including phenoxy) is 1. The number of hydrogen-bond donors (Lipinski definition) is 0. The Bertz CT molecular complexity index is 391. The van der Waals surface area contributed by atoms with Crippen LogP contribution in [0.4, 0.5) is 0 Å². The van der Waals surface area contributed by atoms with Gasteiger partial charge in [0.15, 0.2) is 0 Å². The second kappa shape index (κ2) is 7.95. The molecule has 2 amide bonds. The minimum absolute atomic E-state index is 0.107. The van der Waals surface area contributed by atoms with E-state index in [0.717, 1.165) is 51.9 Å². The molecule has 0 bridgehead atoms. The van der Waals surface area contributed by atoms with E-state index in [9.17, 15) is 9.59 Å². The highest BCUT2D eigenvalue weighted by Gasteiger charge is 2.35. The average Bonchev–Trinajstić information content (AvgIpc) is 2.52. The summed E-state index contributed by atoms with van der Waals surface area (Å²) in [5.41, 5.74) is 0. The summed E-state index contributed by atoms with van der Waals surface area (Å²) < 4.78 is 5.39. The normalized spacial score (nSPS) is 22.0. The van der Waals surface area contributed by atoms with E-state index >= 15 is 0 Å². The van der Waals surface area contributed by atoms with Crippen molar-refractivity contribution in [3.05, 3.63) is 0 Å². The van der Waals surface area contributed by atoms with Crippen molar-refractivity contribution in [2.75, 3.05) is 26.8 Å². The van der Waals surface area contributed by atoms with E-state index in [1.54, 1.807) is 0 Å². The first-order chi connectivity index (χ1) is 10.5. The molecule has 0 N–H and O–H groups in total. The highest BCUT2D eigenvalue weighted by molar-refractivity contribution is 5.88. The number of rotatable bonds is 5. The Hall–Kier alpha value is -1.10. The molecule has 2 saturated heterocycles. The fraction of sp³-hybridized carbons (Fsp3) is 0.882. The van der Waals surface area contributed by atoms with Gasteiger partial charge in [-0.2, -0.15) is 0 Å². The van der Waals surface area contributed by atoms with Gasteiger partial charge in [-0.3, -0.25) is 9.59 Å². The molecule has 1 atom stereocenters. The molecule has 5 heteroatoms. The number of amides is 2. The SMILES string of the molecule is CC(C)CC(C(=O)N(C)C1CCOCC1)N1CCCCC1=O. The summed E-state index contributed by atoms with van der Waals surface area (Å²) in [4.78, 5) is 29.0. The molecule has 22 heavy (non-hydrogen) atoms. The van der Waals surface area contributed by atoms with Gasteiger partial charge in [-0.25, -0.2) is 0 Å². The van der Waals surface area contributed by atoms with E-state index in [-0.39, 0.29) is 23.9 Å². The molecule has 5 nitrogen and oxygen atoms in total. The van der Waals surface area contributed by atoms with Gasteiger partial charge in [0.05, 0.1) is 0 Å². The van der Waals surface area contributed by atoms with Gasteiger partial charge in [-0.15, -0.1) is 0 Å². The number of likely N-dealkylation sites (tertiary alicyclic amines) is 1. The fourth-order valence-electron chi connectivity index (χ4n) is 3.45. The second-order valence-electron chi connectivity index (χ2n) is 6.98. The van der Waals surface area contributed by atoms with Gasteiger partial charge >= 0.3 is 0 Å². The maximum absolute atomic E-state index is 13.0. The van der Waals surface area contributed by atoms with Gasteiger partial charge in [0.25, 0.3) is 0 Å². The molecule has 0 aliphatic carbocycles. The number of carbonyl (C=O) groups is 2. The van der Waals surface area contributed by atoms with Crippen LogP contribution < -0.4 is 0 Å². The fourth-order valence-corrected chi connectivity index (χ4v) is 3.45. The summed E-state index contributed by atoms with van der Waals surface area (Å²) in [6.45, 7) is 6.40. The average molecular weight is 310 g/mol. The van der Waals surface area contributed by atoms with Crippen LogP contribution in [0, 0.1) is 5.92 Å². The minimum atomic E-state index is -0.291. The zero-order valence-corrected chi connectivity index (χ0v) is 14.2. The summed E-state index contributed by atoms with van der Waals surface area (Å²) in [5.74, 6) is 0.647. The van der Waals surface area contributed by atoms with Crippen LogP contribution in [0.3, 0.4) is 0 Å². The van der Waals surface area contributed by atoms with Gasteiger partial charge in [0, 0.05) is 39.3 Å². The van der Waals surface area contributed by atoms with Crippen LogP contribution in [0.5, 0.6) is 0 Å². The molecule has 0 aromatic rings. The van der Waals surface area contributed by atoms with Crippen molar-refractivity contribution in [1.29, 1.82) is 0 Å². The third-order valence-corrected chi connectivity index (χ3v) is 4.80. The number of nitrogens with zero attached hydrogens (tertiary/aromatic N) is 2. The van der Waals surface area contributed by atoms with Gasteiger partial charge in [-0.1, -0.05) is 13.8 Å². The smallest absolute Gasteiger partial charge is 0.245 e. The Morgan fingerprint density at radius 1 is 1.32 bits per heavy atom. The Morgan fingerprint density at radius 2 is 2.00 bits per heavy atom. The monoisotopic (exact) mass is 310 g/mol. The molecular weight excluding hydrogens is 280 g/mol. The molecule has 126 valence electrons. The molecule has 2 heterocycles. The molecular formula is C17H30N2O3. The maximum atomic E-state index is 13.0. The van der Waals surface area contributed by atoms with Crippen LogP contribution in [0.1, 0.15) is 52.4 Å². The first-order valence-electron chi connectivity index (χ1n) is 8.64. The lowest BCUT2D eigenvalue weighted by Gasteiger charge is -2.39. The molecule has 2 fully saturated rings. The Labute approximate surface area is 134 Å². The highest BCUT2D eigenvalue weighted by atomic mass is 16.5. The van der Waals surface area contributed by atoms with Crippen molar-refractivity contribution in [2.45, 2.75) is 64.5 Å². The first-order valence-corrected chi connectivity index (χ1v) is 8.64. The van der Waals surface area contributed by atoms with Gasteiger partial charge in [-0.05, 0) is 38.0 Å². The Balaban J connectivity index is 2.09. The zero-order chi connectivity index (χ0) is 16.1. The number of likely N-dealkylation sites (N-methyl/N-ethyl adjacent to an activating group) is 1. The lowest BCUT2D eigenvalue weighted by atomic mass is 9.97. The van der Waals surface area contributed by atoms with Crippen molar-refractivity contribution < 1.29 is 14.3 Å². The van der Waals surface area contributed by atoms with Gasteiger partial charge in [0.2, 0.25) is 11.8 Å². The van der Waals surface area contributed by atoms with E-state index in [1.165, 1.54) is 0 Å². The van der Waals surface area contributed by atoms with Crippen molar-refractivity contribution in [1.82, 2.24) is 9.80 Å². The van der Waals surface area contributed by atoms with Crippen LogP contribution in [0.25, 0.3) is 0 Å². The quantitative estimate of drug-likeness (QED) is 0.781. The number of hydrogen-bond acceptors (Lipinski definition) is 3. The maximum Gasteiger partial charge on any atom is 0.245 e. The van der Waals surface area contributed by atoms with E-state index in [2.05, 4.69) is 13.8 Å². The molecule has 0 saturated carbocycles. The van der Waals surface area contributed by atoms with Gasteiger partial charge < -0.3 is 14.5 Å². The Morgan fingerprint density at radius 3 is 2.59 bits per heavy atom. The summed E-state index contributed by atoms with van der Waals surface area (Å²) in [7, 11) is 1.89. The standard InChI is InChI=1S/C17H30N2O3/c1-13(2)12-15(19-9-5-4-6-16(19)20)17(21)18(3)14-7-10-22-11-8-14/h13-15H,4-12H2,1-3H3. The lowest BCUT2D eigenvalue weighted by molar-refractivity contribution is -0.149. The minimum Gasteiger partial charge on any atom is -0.381 e. The van der Waals surface area contributed by atoms with Crippen molar-refractivity contribution in [3.63, 3.8) is 0 Å². The predicted octanol–water partition coefficient (Wildman–Crippen LogP) is 2.05. The molecule has 0 radical (unpaired) electrons. The van der Waals surface area contributed by atoms with Crippen molar-refractivity contribution in [2.24, 2.45) is 5.92 Å². The summed E-state index contributed by atoms with van der Waals surface area (Å²) >= 11 is 0. The molecule has 0 aromatic heterocycles. The predicted molar refractivity (Wildman–Crippen MR) is 85.4 cm³/mol. The van der Waals surface area contributed by atoms with E-state index in [4.69, 9.17) is 4.74 Å². The highest BCUT2D eigenvalue weighted by Crippen LogP contribution is 2.22. The van der Waals surface area contributed by atoms with Gasteiger partial charge in [0.1, 0.15) is 6.04 Å². The molecule has 0 aromatic carbocycles. The van der Waals surface area contributed by atoms with Crippen molar-refractivity contribution >= 4 is 11.8 Å². The van der Waals surface area contributed by atoms with E-state index in [0.29, 0.717) is 12.3 Å². The largest absolute Gasteiger partial charge is 0.381 e.